The molecule has 0 unspecified atom stereocenters. The van der Waals surface area contributed by atoms with E-state index in [-0.39, 0.29) is 5.69 Å². The fourth-order valence-corrected chi connectivity index (χ4v) is 6.31. The van der Waals surface area contributed by atoms with Gasteiger partial charge in [0, 0.05) is 5.38 Å². The summed E-state index contributed by atoms with van der Waals surface area (Å²) in [5.41, 5.74) is 2.89. The number of aryl methyl sites for hydroxylation is 1. The molecule has 0 fully saturated rings. The molecule has 2 heterocycles. The second-order valence-electron chi connectivity index (χ2n) is 8.97. The number of carbonyl (C=O) groups excluding carboxylic acids is 2. The van der Waals surface area contributed by atoms with E-state index < -0.39 is 34.4 Å². The Bertz CT molecular complexity index is 1560. The molecular weight excluding hydrogens is 620 g/mol. The first-order valence-electron chi connectivity index (χ1n) is 12.7. The van der Waals surface area contributed by atoms with Crippen molar-refractivity contribution < 1.29 is 27.3 Å². The monoisotopic (exact) mass is 650 g/mol. The van der Waals surface area contributed by atoms with Crippen molar-refractivity contribution in [2.24, 2.45) is 0 Å². The quantitative estimate of drug-likeness (QED) is 0.148. The predicted molar refractivity (Wildman–Crippen MR) is 167 cm³/mol. The van der Waals surface area contributed by atoms with Gasteiger partial charge in [0.1, 0.15) is 11.0 Å². The van der Waals surface area contributed by atoms with Crippen molar-refractivity contribution in [1.29, 1.82) is 0 Å². The van der Waals surface area contributed by atoms with E-state index >= 15 is 0 Å². The predicted octanol–water partition coefficient (Wildman–Crippen LogP) is 6.27. The van der Waals surface area contributed by atoms with Crippen molar-refractivity contribution in [2.75, 3.05) is 11.8 Å². The van der Waals surface area contributed by atoms with Crippen LogP contribution < -0.4 is 15.4 Å². The minimum Gasteiger partial charge on any atom is -0.453 e. The number of nitrogens with one attached hydrogen (secondary N) is 3. The highest BCUT2D eigenvalue weighted by Gasteiger charge is 2.25. The third-order valence-electron chi connectivity index (χ3n) is 5.79. The summed E-state index contributed by atoms with van der Waals surface area (Å²) in [5, 5.41) is 10.4. The number of anilines is 1. The van der Waals surface area contributed by atoms with Crippen molar-refractivity contribution in [1.82, 2.24) is 15.6 Å². The van der Waals surface area contributed by atoms with E-state index in [0.29, 0.717) is 28.6 Å². The molecule has 42 heavy (non-hydrogen) atoms. The number of halogens is 1. The average Bonchev–Trinajstić information content (AvgIpc) is 3.61. The molecule has 0 spiro atoms. The highest BCUT2D eigenvalue weighted by atomic mass is 35.5. The van der Waals surface area contributed by atoms with Crippen molar-refractivity contribution in [3.63, 3.8) is 0 Å². The molecule has 224 valence electrons. The van der Waals surface area contributed by atoms with Gasteiger partial charge in [0.25, 0.3) is 0 Å². The van der Waals surface area contributed by atoms with Crippen LogP contribution in [0.1, 0.15) is 36.2 Å². The summed E-state index contributed by atoms with van der Waals surface area (Å²) < 4.78 is 37.6. The third-order valence-corrected chi connectivity index (χ3v) is 8.64. The number of rotatable bonds is 10. The average molecular weight is 651 g/mol. The van der Waals surface area contributed by atoms with E-state index in [1.54, 1.807) is 25.1 Å². The van der Waals surface area contributed by atoms with Gasteiger partial charge in [-0.25, -0.2) is 9.78 Å². The number of methoxy groups -OCH3 is 1. The molecule has 2 atom stereocenters. The van der Waals surface area contributed by atoms with Crippen molar-refractivity contribution in [3.8, 4) is 9.88 Å². The second-order valence-corrected chi connectivity index (χ2v) is 12.3. The zero-order valence-corrected chi connectivity index (χ0v) is 26.2. The van der Waals surface area contributed by atoms with Crippen LogP contribution in [0.25, 0.3) is 9.88 Å². The van der Waals surface area contributed by atoms with Crippen LogP contribution in [0.3, 0.4) is 0 Å². The lowest BCUT2D eigenvalue weighted by atomic mass is 10.0. The molecule has 2 aromatic carbocycles. The molecule has 0 aliphatic rings. The molecule has 0 aliphatic carbocycles. The Morgan fingerprint density at radius 3 is 2.26 bits per heavy atom. The smallest absolute Gasteiger partial charge is 0.407 e. The normalized spacial score (nSPS) is 12.3. The van der Waals surface area contributed by atoms with Crippen LogP contribution in [0.15, 0.2) is 71.4 Å². The highest BCUT2D eigenvalue weighted by molar-refractivity contribution is 7.87. The summed E-state index contributed by atoms with van der Waals surface area (Å²) in [4.78, 5) is 30.1. The van der Waals surface area contributed by atoms with Gasteiger partial charge in [-0.2, -0.15) is 8.42 Å². The number of benzene rings is 2. The van der Waals surface area contributed by atoms with Crippen LogP contribution in [0.5, 0.6) is 0 Å². The number of thiophene rings is 1. The van der Waals surface area contributed by atoms with Gasteiger partial charge in [-0.3, -0.25) is 14.1 Å². The van der Waals surface area contributed by atoms with Crippen LogP contribution in [0.2, 0.25) is 5.02 Å². The zero-order valence-electron chi connectivity index (χ0n) is 23.0. The first-order valence-corrected chi connectivity index (χ1v) is 16.3. The first kappa shape index (κ1) is 33.0. The molecule has 4 N–H and O–H groups in total. The summed E-state index contributed by atoms with van der Waals surface area (Å²) in [6.07, 6.45) is -0.0428. The summed E-state index contributed by atoms with van der Waals surface area (Å²) in [5.74, 6) is -0.406. The molecule has 0 saturated heterocycles. The summed E-state index contributed by atoms with van der Waals surface area (Å²) in [6.45, 7) is 3.84. The number of ether oxygens (including phenoxy) is 1. The Labute approximate surface area is 258 Å². The maximum Gasteiger partial charge on any atom is 0.407 e. The molecule has 10 nitrogen and oxygen atoms in total. The highest BCUT2D eigenvalue weighted by Crippen LogP contribution is 2.36. The summed E-state index contributed by atoms with van der Waals surface area (Å²) in [6, 6.07) is 17.0. The maximum absolute atomic E-state index is 13.0. The Hall–Kier alpha value is -3.49. The number of amides is 2. The second kappa shape index (κ2) is 15.7. The standard InChI is InChI=1S/C21H23ClN4O6S3.C7H8/c1-3-15(25-21(28)32-2)19(27)23-16(10-12-4-6-13(7-5-12)26-35(29,30)31)17-11-34-20(24-17)18-14(22)8-9-33-18;1-7-5-3-2-4-6-7/h4-9,11,15-16,26H,3,10H2,1-2H3,(H,23,27)(H,25,28)(H,29,30,31);2-6H,1H3/t15-,16-;/m0./s1. The van der Waals surface area contributed by atoms with Gasteiger partial charge in [-0.15, -0.1) is 22.7 Å². The van der Waals surface area contributed by atoms with Gasteiger partial charge in [0.05, 0.1) is 34.4 Å². The van der Waals surface area contributed by atoms with Gasteiger partial charge in [-0.1, -0.05) is 66.6 Å². The molecule has 2 aromatic heterocycles. The van der Waals surface area contributed by atoms with Gasteiger partial charge in [0.15, 0.2) is 0 Å². The van der Waals surface area contributed by atoms with Crippen LogP contribution in [0, 0.1) is 6.92 Å². The fourth-order valence-electron chi connectivity index (χ4n) is 3.68. The fraction of sp³-hybridized carbons (Fsp3) is 0.250. The molecule has 0 bridgehead atoms. The van der Waals surface area contributed by atoms with Crippen LogP contribution in [0.4, 0.5) is 10.5 Å². The number of hydrogen-bond acceptors (Lipinski definition) is 8. The largest absolute Gasteiger partial charge is 0.453 e. The van der Waals surface area contributed by atoms with E-state index in [1.807, 2.05) is 33.7 Å². The lowest BCUT2D eigenvalue weighted by molar-refractivity contribution is -0.123. The van der Waals surface area contributed by atoms with Crippen LogP contribution >= 0.6 is 34.3 Å². The lowest BCUT2D eigenvalue weighted by Crippen LogP contribution is -2.47. The zero-order chi connectivity index (χ0) is 30.7. The molecule has 14 heteroatoms. The number of hydrogen-bond donors (Lipinski definition) is 4. The van der Waals surface area contributed by atoms with E-state index in [1.165, 1.54) is 47.5 Å². The molecule has 4 rings (SSSR count). The Balaban J connectivity index is 0.000000603. The number of carbonyl (C=O) groups is 2. The number of nitrogens with zero attached hydrogens (tertiary/aromatic N) is 1. The van der Waals surface area contributed by atoms with Crippen molar-refractivity contribution >= 4 is 62.3 Å². The maximum atomic E-state index is 13.0. The van der Waals surface area contributed by atoms with Crippen molar-refractivity contribution in [3.05, 3.63) is 93.3 Å². The minimum atomic E-state index is -4.39. The van der Waals surface area contributed by atoms with Crippen LogP contribution in [-0.4, -0.2) is 43.1 Å². The molecular formula is C28H31ClN4O6S3. The summed E-state index contributed by atoms with van der Waals surface area (Å²) >= 11 is 9.10. The molecule has 0 radical (unpaired) electrons. The van der Waals surface area contributed by atoms with Gasteiger partial charge in [-0.05, 0) is 48.9 Å². The molecule has 4 aromatic rings. The Morgan fingerprint density at radius 2 is 1.74 bits per heavy atom. The lowest BCUT2D eigenvalue weighted by Gasteiger charge is -2.22. The molecule has 2 amide bonds. The van der Waals surface area contributed by atoms with E-state index in [9.17, 15) is 18.0 Å². The Morgan fingerprint density at radius 1 is 1.05 bits per heavy atom. The summed E-state index contributed by atoms with van der Waals surface area (Å²) in [7, 11) is -3.17. The SMILES string of the molecule is CC[C@H](NC(=O)OC)C(=O)N[C@@H](Cc1ccc(NS(=O)(=O)O)cc1)c1csc(-c2sccc2Cl)n1.Cc1ccccc1. The number of aromatic nitrogens is 1. The van der Waals surface area contributed by atoms with Crippen molar-refractivity contribution in [2.45, 2.75) is 38.8 Å². The van der Waals surface area contributed by atoms with Gasteiger partial charge < -0.3 is 15.4 Å². The Kier molecular flexibility index (Phi) is 12.3. The molecule has 0 aliphatic heterocycles. The number of thiazole rings is 1. The van der Waals surface area contributed by atoms with E-state index in [0.717, 1.165) is 10.4 Å². The minimum absolute atomic E-state index is 0.188. The van der Waals surface area contributed by atoms with E-state index in [4.69, 9.17) is 16.2 Å². The number of alkyl carbamates (subject to hydrolysis) is 1. The molecule has 0 saturated carbocycles. The first-order chi connectivity index (χ1) is 20.0. The topological polar surface area (TPSA) is 147 Å². The van der Waals surface area contributed by atoms with Gasteiger partial charge in [0.2, 0.25) is 5.91 Å². The van der Waals surface area contributed by atoms with Gasteiger partial charge >= 0.3 is 16.4 Å². The third kappa shape index (κ3) is 10.4. The van der Waals surface area contributed by atoms with E-state index in [2.05, 4.69) is 39.4 Å². The van der Waals surface area contributed by atoms with Crippen LogP contribution in [-0.2, 0) is 26.3 Å².